The van der Waals surface area contributed by atoms with Crippen LogP contribution in [0.3, 0.4) is 0 Å². The van der Waals surface area contributed by atoms with E-state index in [1.807, 2.05) is 19.4 Å². The van der Waals surface area contributed by atoms with Gasteiger partial charge in [-0.2, -0.15) is 0 Å². The molecule has 94 valence electrons. The van der Waals surface area contributed by atoms with Crippen LogP contribution in [-0.2, 0) is 19.6 Å². The fraction of sp³-hybridized carbons (Fsp3) is 0.455. The van der Waals surface area contributed by atoms with E-state index in [0.29, 0.717) is 0 Å². The molecule has 0 spiro atoms. The third-order valence-electron chi connectivity index (χ3n) is 3.01. The number of aromatic nitrogens is 5. The van der Waals surface area contributed by atoms with E-state index < -0.39 is 0 Å². The van der Waals surface area contributed by atoms with Gasteiger partial charge >= 0.3 is 0 Å². The molecule has 1 N–H and O–H groups in total. The van der Waals surface area contributed by atoms with Gasteiger partial charge in [-0.3, -0.25) is 4.98 Å². The average molecular weight is 245 g/mol. The lowest BCUT2D eigenvalue weighted by molar-refractivity contribution is 0.555. The Kier molecular flexibility index (Phi) is 2.89. The standard InChI is InChI=1S/C11H15N7/c1-12-4-9-5-14-10(6-13-9)17-2-3-18-8-15-16-11(18)7-17/h5-6,8,12H,2-4,7H2,1H3. The van der Waals surface area contributed by atoms with Crippen molar-refractivity contribution in [2.75, 3.05) is 18.5 Å². The van der Waals surface area contributed by atoms with Crippen LogP contribution >= 0.6 is 0 Å². The first kappa shape index (κ1) is 11.1. The second-order valence-electron chi connectivity index (χ2n) is 4.26. The summed E-state index contributed by atoms with van der Waals surface area (Å²) in [6, 6.07) is 0. The molecule has 7 nitrogen and oxygen atoms in total. The van der Waals surface area contributed by atoms with Crippen molar-refractivity contribution in [1.29, 1.82) is 0 Å². The number of fused-ring (bicyclic) bond motifs is 1. The van der Waals surface area contributed by atoms with Crippen molar-refractivity contribution in [2.45, 2.75) is 19.6 Å². The quantitative estimate of drug-likeness (QED) is 0.808. The molecule has 1 aliphatic heterocycles. The summed E-state index contributed by atoms with van der Waals surface area (Å²) in [5.74, 6) is 1.87. The van der Waals surface area contributed by atoms with Crippen LogP contribution in [-0.4, -0.2) is 38.3 Å². The Hall–Kier alpha value is -2.02. The maximum atomic E-state index is 4.44. The summed E-state index contributed by atoms with van der Waals surface area (Å²) in [5.41, 5.74) is 0.946. The largest absolute Gasteiger partial charge is 0.346 e. The van der Waals surface area contributed by atoms with Gasteiger partial charge in [-0.1, -0.05) is 0 Å². The molecule has 7 heteroatoms. The van der Waals surface area contributed by atoms with Gasteiger partial charge in [-0.25, -0.2) is 4.98 Å². The summed E-state index contributed by atoms with van der Waals surface area (Å²) in [5, 5.41) is 11.1. The SMILES string of the molecule is CNCc1cnc(N2CCn3cnnc3C2)cn1. The van der Waals surface area contributed by atoms with Crippen molar-refractivity contribution < 1.29 is 0 Å². The second-order valence-corrected chi connectivity index (χ2v) is 4.26. The summed E-state index contributed by atoms with van der Waals surface area (Å²) in [6.07, 6.45) is 5.40. The van der Waals surface area contributed by atoms with Gasteiger partial charge in [0.2, 0.25) is 0 Å². The zero-order chi connectivity index (χ0) is 12.4. The highest BCUT2D eigenvalue weighted by molar-refractivity contribution is 5.36. The molecule has 0 atom stereocenters. The molecule has 3 heterocycles. The minimum atomic E-state index is 0.736. The Bertz CT molecular complexity index is 518. The Morgan fingerprint density at radius 2 is 2.22 bits per heavy atom. The van der Waals surface area contributed by atoms with Gasteiger partial charge in [0.05, 0.1) is 24.6 Å². The molecule has 0 saturated carbocycles. The molecule has 3 rings (SSSR count). The number of nitrogens with one attached hydrogen (secondary N) is 1. The maximum Gasteiger partial charge on any atom is 0.152 e. The molecule has 18 heavy (non-hydrogen) atoms. The minimum absolute atomic E-state index is 0.736. The highest BCUT2D eigenvalue weighted by Crippen LogP contribution is 2.16. The minimum Gasteiger partial charge on any atom is -0.346 e. The van der Waals surface area contributed by atoms with Crippen LogP contribution in [0.5, 0.6) is 0 Å². The van der Waals surface area contributed by atoms with Crippen LogP contribution in [0.1, 0.15) is 11.5 Å². The normalized spacial score (nSPS) is 14.6. The van der Waals surface area contributed by atoms with Gasteiger partial charge in [0.1, 0.15) is 12.1 Å². The molecule has 0 radical (unpaired) electrons. The van der Waals surface area contributed by atoms with Crippen molar-refractivity contribution in [2.24, 2.45) is 0 Å². The lowest BCUT2D eigenvalue weighted by Gasteiger charge is -2.27. The van der Waals surface area contributed by atoms with Crippen LogP contribution in [0.15, 0.2) is 18.7 Å². The van der Waals surface area contributed by atoms with E-state index in [4.69, 9.17) is 0 Å². The van der Waals surface area contributed by atoms with E-state index in [9.17, 15) is 0 Å². The van der Waals surface area contributed by atoms with Crippen LogP contribution in [0.25, 0.3) is 0 Å². The van der Waals surface area contributed by atoms with Crippen LogP contribution < -0.4 is 10.2 Å². The zero-order valence-electron chi connectivity index (χ0n) is 10.2. The van der Waals surface area contributed by atoms with Gasteiger partial charge in [-0.15, -0.1) is 10.2 Å². The summed E-state index contributed by atoms with van der Waals surface area (Å²) >= 11 is 0. The van der Waals surface area contributed by atoms with Crippen LogP contribution in [0, 0.1) is 0 Å². The lowest BCUT2D eigenvalue weighted by atomic mass is 10.3. The predicted octanol–water partition coefficient (Wildman–Crippen LogP) is -0.192. The first-order chi connectivity index (χ1) is 8.86. The Morgan fingerprint density at radius 3 is 3.00 bits per heavy atom. The van der Waals surface area contributed by atoms with Gasteiger partial charge in [0, 0.05) is 19.6 Å². The Balaban J connectivity index is 1.76. The number of hydrogen-bond donors (Lipinski definition) is 1. The van der Waals surface area contributed by atoms with Gasteiger partial charge in [-0.05, 0) is 7.05 Å². The first-order valence-corrected chi connectivity index (χ1v) is 5.94. The molecule has 0 fully saturated rings. The van der Waals surface area contributed by atoms with Crippen molar-refractivity contribution in [1.82, 2.24) is 30.0 Å². The molecule has 0 aliphatic carbocycles. The third kappa shape index (κ3) is 2.04. The maximum absolute atomic E-state index is 4.44. The number of anilines is 1. The zero-order valence-corrected chi connectivity index (χ0v) is 10.2. The van der Waals surface area contributed by atoms with Crippen LogP contribution in [0.2, 0.25) is 0 Å². The highest BCUT2D eigenvalue weighted by atomic mass is 15.3. The molecule has 0 aromatic carbocycles. The number of nitrogens with zero attached hydrogens (tertiary/aromatic N) is 6. The topological polar surface area (TPSA) is 71.8 Å². The molecule has 0 unspecified atom stereocenters. The molecule has 0 amide bonds. The van der Waals surface area contributed by atoms with E-state index >= 15 is 0 Å². The van der Waals surface area contributed by atoms with E-state index in [0.717, 1.165) is 43.5 Å². The monoisotopic (exact) mass is 245 g/mol. The number of rotatable bonds is 3. The van der Waals surface area contributed by atoms with Crippen molar-refractivity contribution >= 4 is 5.82 Å². The fourth-order valence-corrected chi connectivity index (χ4v) is 2.05. The van der Waals surface area contributed by atoms with E-state index in [1.54, 1.807) is 6.33 Å². The average Bonchev–Trinajstić information content (AvgIpc) is 2.87. The third-order valence-corrected chi connectivity index (χ3v) is 3.01. The summed E-state index contributed by atoms with van der Waals surface area (Å²) < 4.78 is 2.07. The Morgan fingerprint density at radius 1 is 1.28 bits per heavy atom. The molecule has 2 aromatic rings. The fourth-order valence-electron chi connectivity index (χ4n) is 2.05. The van der Waals surface area contributed by atoms with Crippen LogP contribution in [0.4, 0.5) is 5.82 Å². The van der Waals surface area contributed by atoms with Gasteiger partial charge in [0.25, 0.3) is 0 Å². The lowest BCUT2D eigenvalue weighted by Crippen LogP contribution is -2.34. The smallest absolute Gasteiger partial charge is 0.152 e. The molecule has 0 bridgehead atoms. The first-order valence-electron chi connectivity index (χ1n) is 5.94. The van der Waals surface area contributed by atoms with E-state index in [2.05, 4.69) is 34.9 Å². The van der Waals surface area contributed by atoms with Gasteiger partial charge in [0.15, 0.2) is 5.82 Å². The Labute approximate surface area is 105 Å². The molecule has 0 saturated heterocycles. The summed E-state index contributed by atoms with van der Waals surface area (Å²) in [7, 11) is 1.90. The second kappa shape index (κ2) is 4.69. The predicted molar refractivity (Wildman–Crippen MR) is 65.9 cm³/mol. The summed E-state index contributed by atoms with van der Waals surface area (Å²) in [4.78, 5) is 11.0. The number of hydrogen-bond acceptors (Lipinski definition) is 6. The van der Waals surface area contributed by atoms with Crippen molar-refractivity contribution in [3.05, 3.63) is 30.2 Å². The summed E-state index contributed by atoms with van der Waals surface area (Å²) in [6.45, 7) is 3.27. The van der Waals surface area contributed by atoms with Crippen molar-refractivity contribution in [3.63, 3.8) is 0 Å². The van der Waals surface area contributed by atoms with E-state index in [1.165, 1.54) is 0 Å². The highest BCUT2D eigenvalue weighted by Gasteiger charge is 2.18. The molecular weight excluding hydrogens is 230 g/mol. The van der Waals surface area contributed by atoms with E-state index in [-0.39, 0.29) is 0 Å². The van der Waals surface area contributed by atoms with Crippen molar-refractivity contribution in [3.8, 4) is 0 Å². The molecular formula is C11H15N7. The molecule has 2 aromatic heterocycles. The van der Waals surface area contributed by atoms with Gasteiger partial charge < -0.3 is 14.8 Å². The molecule has 1 aliphatic rings.